The van der Waals surface area contributed by atoms with Crippen LogP contribution in [0, 0.1) is 0 Å². The fraction of sp³-hybridized carbons (Fsp3) is 0.727. The lowest BCUT2D eigenvalue weighted by atomic mass is 10.2. The monoisotopic (exact) mass is 211 g/mol. The number of rotatable bonds is 7. The van der Waals surface area contributed by atoms with Crippen LogP contribution < -0.4 is 5.32 Å². The third-order valence-corrected chi connectivity index (χ3v) is 2.34. The highest BCUT2D eigenvalue weighted by Crippen LogP contribution is 1.96. The first-order valence-electron chi connectivity index (χ1n) is 5.44. The van der Waals surface area contributed by atoms with Crippen molar-refractivity contribution in [3.63, 3.8) is 0 Å². The van der Waals surface area contributed by atoms with Gasteiger partial charge in [0.25, 0.3) is 0 Å². The fourth-order valence-corrected chi connectivity index (χ4v) is 1.61. The molecule has 0 radical (unpaired) electrons. The van der Waals surface area contributed by atoms with Gasteiger partial charge in [0.15, 0.2) is 0 Å². The van der Waals surface area contributed by atoms with Crippen LogP contribution in [0.2, 0.25) is 0 Å². The van der Waals surface area contributed by atoms with E-state index in [1.807, 2.05) is 16.9 Å². The molecule has 1 aromatic rings. The average molecular weight is 211 g/mol. The SMILES string of the molecule is COCCC(C)NC(C)Cn1cccn1. The van der Waals surface area contributed by atoms with Gasteiger partial charge in [0.1, 0.15) is 0 Å². The van der Waals surface area contributed by atoms with Gasteiger partial charge in [-0.2, -0.15) is 5.10 Å². The van der Waals surface area contributed by atoms with Gasteiger partial charge in [-0.15, -0.1) is 0 Å². The van der Waals surface area contributed by atoms with Crippen LogP contribution in [0.25, 0.3) is 0 Å². The van der Waals surface area contributed by atoms with E-state index in [4.69, 9.17) is 4.74 Å². The summed E-state index contributed by atoms with van der Waals surface area (Å²) < 4.78 is 6.99. The van der Waals surface area contributed by atoms with Crippen molar-refractivity contribution in [1.82, 2.24) is 15.1 Å². The normalized spacial score (nSPS) is 15.1. The van der Waals surface area contributed by atoms with Gasteiger partial charge >= 0.3 is 0 Å². The van der Waals surface area contributed by atoms with Gasteiger partial charge in [-0.3, -0.25) is 4.68 Å². The lowest BCUT2D eigenvalue weighted by molar-refractivity contribution is 0.182. The van der Waals surface area contributed by atoms with E-state index in [1.54, 1.807) is 13.3 Å². The van der Waals surface area contributed by atoms with Crippen molar-refractivity contribution in [3.05, 3.63) is 18.5 Å². The van der Waals surface area contributed by atoms with Gasteiger partial charge in [0.05, 0.1) is 6.54 Å². The van der Waals surface area contributed by atoms with Crippen LogP contribution in [0.3, 0.4) is 0 Å². The molecule has 0 bridgehead atoms. The average Bonchev–Trinajstić information content (AvgIpc) is 2.67. The summed E-state index contributed by atoms with van der Waals surface area (Å²) in [5.74, 6) is 0. The van der Waals surface area contributed by atoms with E-state index in [9.17, 15) is 0 Å². The van der Waals surface area contributed by atoms with Crippen LogP contribution in [0.1, 0.15) is 20.3 Å². The predicted molar refractivity (Wildman–Crippen MR) is 60.8 cm³/mol. The molecule has 1 heterocycles. The summed E-state index contributed by atoms with van der Waals surface area (Å²) in [6, 6.07) is 2.86. The summed E-state index contributed by atoms with van der Waals surface area (Å²) in [5.41, 5.74) is 0. The molecule has 1 aromatic heterocycles. The molecule has 0 aliphatic heterocycles. The van der Waals surface area contributed by atoms with E-state index in [0.29, 0.717) is 12.1 Å². The maximum Gasteiger partial charge on any atom is 0.0560 e. The van der Waals surface area contributed by atoms with Crippen molar-refractivity contribution in [2.24, 2.45) is 0 Å². The molecule has 1 N–H and O–H groups in total. The lowest BCUT2D eigenvalue weighted by Gasteiger charge is -2.19. The molecule has 0 amide bonds. The topological polar surface area (TPSA) is 39.1 Å². The maximum atomic E-state index is 5.04. The Labute approximate surface area is 91.6 Å². The summed E-state index contributed by atoms with van der Waals surface area (Å²) in [6.07, 6.45) is 4.83. The van der Waals surface area contributed by atoms with E-state index < -0.39 is 0 Å². The Morgan fingerprint density at radius 1 is 1.40 bits per heavy atom. The quantitative estimate of drug-likeness (QED) is 0.738. The van der Waals surface area contributed by atoms with Crippen LogP contribution in [0.15, 0.2) is 18.5 Å². The van der Waals surface area contributed by atoms with Gasteiger partial charge in [-0.25, -0.2) is 0 Å². The third-order valence-electron chi connectivity index (χ3n) is 2.34. The minimum Gasteiger partial charge on any atom is -0.385 e. The zero-order valence-electron chi connectivity index (χ0n) is 9.81. The second-order valence-corrected chi connectivity index (χ2v) is 3.98. The molecule has 0 spiro atoms. The number of aromatic nitrogens is 2. The minimum absolute atomic E-state index is 0.428. The number of hydrogen-bond acceptors (Lipinski definition) is 3. The van der Waals surface area contributed by atoms with Crippen LogP contribution in [0.4, 0.5) is 0 Å². The zero-order chi connectivity index (χ0) is 11.1. The van der Waals surface area contributed by atoms with Crippen LogP contribution in [-0.4, -0.2) is 35.6 Å². The smallest absolute Gasteiger partial charge is 0.0560 e. The largest absolute Gasteiger partial charge is 0.385 e. The summed E-state index contributed by atoms with van der Waals surface area (Å²) in [5, 5.41) is 7.69. The molecule has 86 valence electrons. The lowest BCUT2D eigenvalue weighted by Crippen LogP contribution is -2.37. The molecule has 0 aromatic carbocycles. The van der Waals surface area contributed by atoms with Crippen molar-refractivity contribution in [1.29, 1.82) is 0 Å². The molecule has 15 heavy (non-hydrogen) atoms. The third kappa shape index (κ3) is 4.95. The van der Waals surface area contributed by atoms with Crippen molar-refractivity contribution in [3.8, 4) is 0 Å². The van der Waals surface area contributed by atoms with E-state index in [1.165, 1.54) is 0 Å². The highest BCUT2D eigenvalue weighted by atomic mass is 16.5. The number of ether oxygens (including phenoxy) is 1. The molecule has 0 saturated carbocycles. The Morgan fingerprint density at radius 2 is 2.20 bits per heavy atom. The van der Waals surface area contributed by atoms with Gasteiger partial charge < -0.3 is 10.1 Å². The Bertz CT molecular complexity index is 248. The van der Waals surface area contributed by atoms with Crippen molar-refractivity contribution < 1.29 is 4.74 Å². The molecule has 0 aliphatic rings. The molecule has 4 nitrogen and oxygen atoms in total. The van der Waals surface area contributed by atoms with Crippen molar-refractivity contribution >= 4 is 0 Å². The molecule has 0 saturated heterocycles. The van der Waals surface area contributed by atoms with Crippen LogP contribution in [0.5, 0.6) is 0 Å². The van der Waals surface area contributed by atoms with Gasteiger partial charge in [-0.05, 0) is 26.3 Å². The number of nitrogens with zero attached hydrogens (tertiary/aromatic N) is 2. The molecular weight excluding hydrogens is 190 g/mol. The number of methoxy groups -OCH3 is 1. The molecule has 4 heteroatoms. The minimum atomic E-state index is 0.428. The molecule has 0 aliphatic carbocycles. The fourth-order valence-electron chi connectivity index (χ4n) is 1.61. The van der Waals surface area contributed by atoms with Gasteiger partial charge in [0.2, 0.25) is 0 Å². The Morgan fingerprint density at radius 3 is 2.80 bits per heavy atom. The van der Waals surface area contributed by atoms with E-state index >= 15 is 0 Å². The zero-order valence-corrected chi connectivity index (χ0v) is 9.81. The molecule has 1 rings (SSSR count). The summed E-state index contributed by atoms with van der Waals surface area (Å²) in [7, 11) is 1.74. The van der Waals surface area contributed by atoms with E-state index in [0.717, 1.165) is 19.6 Å². The van der Waals surface area contributed by atoms with E-state index in [2.05, 4.69) is 24.3 Å². The highest BCUT2D eigenvalue weighted by Gasteiger charge is 2.07. The maximum absolute atomic E-state index is 5.04. The Balaban J connectivity index is 2.20. The first-order chi connectivity index (χ1) is 7.22. The number of hydrogen-bond donors (Lipinski definition) is 1. The molecule has 2 atom stereocenters. The first kappa shape index (κ1) is 12.2. The standard InChI is InChI=1S/C11H21N3O/c1-10(5-8-15-3)13-11(2)9-14-7-4-6-12-14/h4,6-7,10-11,13H,5,8-9H2,1-3H3. The summed E-state index contributed by atoms with van der Waals surface area (Å²) in [6.45, 7) is 6.07. The molecular formula is C11H21N3O. The second-order valence-electron chi connectivity index (χ2n) is 3.98. The van der Waals surface area contributed by atoms with Crippen LogP contribution in [-0.2, 0) is 11.3 Å². The van der Waals surface area contributed by atoms with E-state index in [-0.39, 0.29) is 0 Å². The first-order valence-corrected chi connectivity index (χ1v) is 5.44. The van der Waals surface area contributed by atoms with Crippen LogP contribution >= 0.6 is 0 Å². The van der Waals surface area contributed by atoms with Crippen molar-refractivity contribution in [2.45, 2.75) is 38.9 Å². The Kier molecular flexibility index (Phi) is 5.36. The molecule has 2 unspecified atom stereocenters. The predicted octanol–water partition coefficient (Wildman–Crippen LogP) is 1.29. The summed E-state index contributed by atoms with van der Waals surface area (Å²) >= 11 is 0. The van der Waals surface area contributed by atoms with Crippen molar-refractivity contribution in [2.75, 3.05) is 13.7 Å². The summed E-state index contributed by atoms with van der Waals surface area (Å²) in [4.78, 5) is 0. The Hall–Kier alpha value is -0.870. The number of nitrogens with one attached hydrogen (secondary N) is 1. The molecule has 0 fully saturated rings. The van der Waals surface area contributed by atoms with Gasteiger partial charge in [-0.1, -0.05) is 0 Å². The highest BCUT2D eigenvalue weighted by molar-refractivity contribution is 4.79. The van der Waals surface area contributed by atoms with Gasteiger partial charge in [0, 0.05) is 38.2 Å². The second kappa shape index (κ2) is 6.58.